The molecule has 0 spiro atoms. The first kappa shape index (κ1) is 13.3. The van der Waals surface area contributed by atoms with Crippen molar-refractivity contribution in [1.82, 2.24) is 19.5 Å². The van der Waals surface area contributed by atoms with Crippen molar-refractivity contribution in [3.63, 3.8) is 0 Å². The van der Waals surface area contributed by atoms with Crippen LogP contribution in [0.3, 0.4) is 0 Å². The predicted octanol–water partition coefficient (Wildman–Crippen LogP) is 1.72. The summed E-state index contributed by atoms with van der Waals surface area (Å²) < 4.78 is 16.5. The first-order chi connectivity index (χ1) is 9.58. The van der Waals surface area contributed by atoms with Crippen LogP contribution in [0.2, 0.25) is 0 Å². The van der Waals surface area contributed by atoms with Gasteiger partial charge in [0, 0.05) is 6.54 Å². The molecule has 0 aliphatic carbocycles. The fourth-order valence-electron chi connectivity index (χ4n) is 2.77. The number of rotatable bonds is 3. The second-order valence-electron chi connectivity index (χ2n) is 5.77. The zero-order valence-corrected chi connectivity index (χ0v) is 11.8. The normalized spacial score (nSPS) is 19.3. The average Bonchev–Trinajstić information content (AvgIpc) is 3.02. The minimum atomic E-state index is -0.493. The number of hydrogen-bond donors (Lipinski definition) is 1. The molecule has 3 heterocycles. The molecule has 2 aromatic rings. The van der Waals surface area contributed by atoms with Crippen molar-refractivity contribution in [2.45, 2.75) is 39.3 Å². The number of fused-ring (bicyclic) bond motifs is 1. The molecular formula is C14H19FN4O. The summed E-state index contributed by atoms with van der Waals surface area (Å²) in [7, 11) is 0. The maximum Gasteiger partial charge on any atom is 0.278 e. The van der Waals surface area contributed by atoms with E-state index in [9.17, 15) is 9.18 Å². The van der Waals surface area contributed by atoms with Gasteiger partial charge in [-0.1, -0.05) is 13.8 Å². The highest BCUT2D eigenvalue weighted by Gasteiger charge is 2.24. The molecule has 1 fully saturated rings. The van der Waals surface area contributed by atoms with Crippen molar-refractivity contribution in [3.05, 3.63) is 34.3 Å². The highest BCUT2D eigenvalue weighted by atomic mass is 19.1. The van der Waals surface area contributed by atoms with Crippen molar-refractivity contribution in [2.75, 3.05) is 6.54 Å². The Morgan fingerprint density at radius 2 is 2.30 bits per heavy atom. The molecule has 0 aromatic carbocycles. The van der Waals surface area contributed by atoms with Crippen LogP contribution in [-0.4, -0.2) is 20.7 Å². The van der Waals surface area contributed by atoms with Gasteiger partial charge in [0.15, 0.2) is 0 Å². The lowest BCUT2D eigenvalue weighted by atomic mass is 10.2. The summed E-state index contributed by atoms with van der Waals surface area (Å²) in [6.45, 7) is 5.62. The monoisotopic (exact) mass is 278 g/mol. The van der Waals surface area contributed by atoms with E-state index in [0.717, 1.165) is 23.9 Å². The van der Waals surface area contributed by atoms with E-state index in [0.29, 0.717) is 23.8 Å². The van der Waals surface area contributed by atoms with Gasteiger partial charge in [0.25, 0.3) is 5.56 Å². The molecule has 108 valence electrons. The van der Waals surface area contributed by atoms with E-state index in [4.69, 9.17) is 0 Å². The van der Waals surface area contributed by atoms with E-state index in [1.165, 1.54) is 12.1 Å². The second-order valence-corrected chi connectivity index (χ2v) is 5.77. The lowest BCUT2D eigenvalue weighted by molar-refractivity contribution is 0.436. The summed E-state index contributed by atoms with van der Waals surface area (Å²) in [5.74, 6) is 0.480. The SMILES string of the molecule is CC(C)Cn1c(C2CCCN2)nn2c(F)ccc2c1=O. The zero-order chi connectivity index (χ0) is 14.3. The molecule has 0 amide bonds. The summed E-state index contributed by atoms with van der Waals surface area (Å²) in [4.78, 5) is 12.6. The largest absolute Gasteiger partial charge is 0.307 e. The van der Waals surface area contributed by atoms with Crippen LogP contribution in [0, 0.1) is 11.9 Å². The summed E-state index contributed by atoms with van der Waals surface area (Å²) in [6.07, 6.45) is 1.98. The summed E-state index contributed by atoms with van der Waals surface area (Å²) >= 11 is 0. The molecule has 1 aliphatic heterocycles. The van der Waals surface area contributed by atoms with Gasteiger partial charge in [-0.15, -0.1) is 0 Å². The molecule has 1 N–H and O–H groups in total. The fourth-order valence-corrected chi connectivity index (χ4v) is 2.77. The van der Waals surface area contributed by atoms with Gasteiger partial charge in [0.1, 0.15) is 11.3 Å². The highest BCUT2D eigenvalue weighted by Crippen LogP contribution is 2.21. The maximum atomic E-state index is 13.7. The number of aromatic nitrogens is 3. The maximum absolute atomic E-state index is 13.7. The Bertz CT molecular complexity index is 682. The van der Waals surface area contributed by atoms with Gasteiger partial charge in [-0.05, 0) is 37.4 Å². The molecule has 1 atom stereocenters. The zero-order valence-electron chi connectivity index (χ0n) is 11.8. The third-order valence-corrected chi connectivity index (χ3v) is 3.67. The number of halogens is 1. The molecule has 1 saturated heterocycles. The van der Waals surface area contributed by atoms with Crippen LogP contribution in [0.25, 0.3) is 5.52 Å². The Hall–Kier alpha value is -1.69. The van der Waals surface area contributed by atoms with Crippen molar-refractivity contribution < 1.29 is 4.39 Å². The molecule has 1 aliphatic rings. The second kappa shape index (κ2) is 5.01. The summed E-state index contributed by atoms with van der Waals surface area (Å²) in [6, 6.07) is 2.82. The van der Waals surface area contributed by atoms with Crippen molar-refractivity contribution in [3.8, 4) is 0 Å². The first-order valence-electron chi connectivity index (χ1n) is 7.09. The van der Waals surface area contributed by atoms with Gasteiger partial charge < -0.3 is 5.32 Å². The fraction of sp³-hybridized carbons (Fsp3) is 0.571. The molecule has 5 nitrogen and oxygen atoms in total. The number of nitrogens with zero attached hydrogens (tertiary/aromatic N) is 3. The smallest absolute Gasteiger partial charge is 0.278 e. The Morgan fingerprint density at radius 3 is 2.95 bits per heavy atom. The molecule has 20 heavy (non-hydrogen) atoms. The van der Waals surface area contributed by atoms with Gasteiger partial charge in [-0.25, -0.2) is 0 Å². The van der Waals surface area contributed by atoms with E-state index >= 15 is 0 Å². The predicted molar refractivity (Wildman–Crippen MR) is 74.2 cm³/mol. The molecular weight excluding hydrogens is 259 g/mol. The van der Waals surface area contributed by atoms with Gasteiger partial charge in [0.05, 0.1) is 6.04 Å². The Morgan fingerprint density at radius 1 is 1.50 bits per heavy atom. The average molecular weight is 278 g/mol. The Balaban J connectivity index is 2.22. The van der Waals surface area contributed by atoms with E-state index in [1.807, 2.05) is 0 Å². The molecule has 0 bridgehead atoms. The highest BCUT2D eigenvalue weighted by molar-refractivity contribution is 5.44. The summed E-state index contributed by atoms with van der Waals surface area (Å²) in [5.41, 5.74) is 0.131. The standard InChI is InChI=1S/C14H19FN4O/c1-9(2)8-18-13(10-4-3-7-16-10)17-19-11(14(18)20)5-6-12(19)15/h5-6,9-10,16H,3-4,7-8H2,1-2H3. The van der Waals surface area contributed by atoms with Crippen molar-refractivity contribution in [1.29, 1.82) is 0 Å². The van der Waals surface area contributed by atoms with Gasteiger partial charge in [-0.2, -0.15) is 14.0 Å². The van der Waals surface area contributed by atoms with E-state index < -0.39 is 5.95 Å². The molecule has 0 saturated carbocycles. The lowest BCUT2D eigenvalue weighted by Crippen LogP contribution is -2.33. The van der Waals surface area contributed by atoms with Crippen LogP contribution in [-0.2, 0) is 6.54 Å². The molecule has 3 rings (SSSR count). The first-order valence-corrected chi connectivity index (χ1v) is 7.09. The van der Waals surface area contributed by atoms with E-state index in [-0.39, 0.29) is 11.6 Å². The van der Waals surface area contributed by atoms with Crippen LogP contribution in [0.1, 0.15) is 38.6 Å². The lowest BCUT2D eigenvalue weighted by Gasteiger charge is -2.18. The van der Waals surface area contributed by atoms with E-state index in [2.05, 4.69) is 24.3 Å². The van der Waals surface area contributed by atoms with Crippen molar-refractivity contribution in [2.24, 2.45) is 5.92 Å². The molecule has 1 unspecified atom stereocenters. The van der Waals surface area contributed by atoms with Crippen molar-refractivity contribution >= 4 is 5.52 Å². The molecule has 2 aromatic heterocycles. The third-order valence-electron chi connectivity index (χ3n) is 3.67. The van der Waals surface area contributed by atoms with E-state index in [1.54, 1.807) is 4.57 Å². The summed E-state index contributed by atoms with van der Waals surface area (Å²) in [5, 5.41) is 7.70. The van der Waals surface area contributed by atoms with Crippen LogP contribution >= 0.6 is 0 Å². The number of nitrogens with one attached hydrogen (secondary N) is 1. The van der Waals surface area contributed by atoms with Gasteiger partial charge in [0.2, 0.25) is 5.95 Å². The van der Waals surface area contributed by atoms with Crippen LogP contribution in [0.15, 0.2) is 16.9 Å². The van der Waals surface area contributed by atoms with Gasteiger partial charge in [-0.3, -0.25) is 9.36 Å². The quantitative estimate of drug-likeness (QED) is 0.930. The minimum Gasteiger partial charge on any atom is -0.307 e. The van der Waals surface area contributed by atoms with Gasteiger partial charge >= 0.3 is 0 Å². The molecule has 6 heteroatoms. The van der Waals surface area contributed by atoms with Crippen LogP contribution < -0.4 is 10.9 Å². The molecule has 0 radical (unpaired) electrons. The minimum absolute atomic E-state index is 0.0349. The Kier molecular flexibility index (Phi) is 3.33. The third kappa shape index (κ3) is 2.14. The Labute approximate surface area is 116 Å². The van der Waals surface area contributed by atoms with Crippen LogP contribution in [0.4, 0.5) is 4.39 Å². The number of hydrogen-bond acceptors (Lipinski definition) is 3. The topological polar surface area (TPSA) is 51.3 Å². The van der Waals surface area contributed by atoms with Crippen LogP contribution in [0.5, 0.6) is 0 Å².